The number of benzene rings is 1. The van der Waals surface area contributed by atoms with Crippen molar-refractivity contribution in [1.29, 1.82) is 0 Å². The second-order valence-corrected chi connectivity index (χ2v) is 5.43. The maximum absolute atomic E-state index is 12.3. The topological polar surface area (TPSA) is 63.7 Å². The average Bonchev–Trinajstić information content (AvgIpc) is 3.38. The summed E-state index contributed by atoms with van der Waals surface area (Å²) in [6.45, 7) is 0.371. The van der Waals surface area contributed by atoms with Crippen molar-refractivity contribution in [1.82, 2.24) is 4.90 Å². The number of ether oxygens (including phenoxy) is 1. The molecule has 0 radical (unpaired) electrons. The number of hydrogen-bond donors (Lipinski definition) is 0. The van der Waals surface area contributed by atoms with E-state index in [1.807, 2.05) is 18.2 Å². The van der Waals surface area contributed by atoms with Gasteiger partial charge >= 0.3 is 5.97 Å². The fourth-order valence-electron chi connectivity index (χ4n) is 2.34. The fourth-order valence-corrected chi connectivity index (χ4v) is 2.34. The summed E-state index contributed by atoms with van der Waals surface area (Å²) in [5.41, 5.74) is 0.628. The Bertz CT molecular complexity index is 537. The van der Waals surface area contributed by atoms with E-state index in [9.17, 15) is 14.4 Å². The predicted molar refractivity (Wildman–Crippen MR) is 81.4 cm³/mol. The van der Waals surface area contributed by atoms with Crippen LogP contribution in [0.25, 0.3) is 0 Å². The van der Waals surface area contributed by atoms with Gasteiger partial charge in [0.1, 0.15) is 0 Å². The van der Waals surface area contributed by atoms with Crippen LogP contribution in [0.15, 0.2) is 30.3 Å². The molecule has 1 aromatic rings. The zero-order valence-corrected chi connectivity index (χ0v) is 12.8. The Morgan fingerprint density at radius 2 is 1.77 bits per heavy atom. The Morgan fingerprint density at radius 1 is 1.09 bits per heavy atom. The van der Waals surface area contributed by atoms with Gasteiger partial charge in [0.15, 0.2) is 5.78 Å². The van der Waals surface area contributed by atoms with Crippen molar-refractivity contribution in [3.8, 4) is 0 Å². The highest BCUT2D eigenvalue weighted by molar-refractivity contribution is 5.97. The summed E-state index contributed by atoms with van der Waals surface area (Å²) >= 11 is 0. The summed E-state index contributed by atoms with van der Waals surface area (Å²) in [5, 5.41) is 0. The highest BCUT2D eigenvalue weighted by atomic mass is 16.5. The fraction of sp³-hybridized carbons (Fsp3) is 0.471. The van der Waals surface area contributed by atoms with Crippen LogP contribution in [0.1, 0.15) is 42.5 Å². The zero-order chi connectivity index (χ0) is 15.9. The summed E-state index contributed by atoms with van der Waals surface area (Å²) in [7, 11) is 1.34. The first-order chi connectivity index (χ1) is 10.6. The average molecular weight is 303 g/mol. The molecule has 0 spiro atoms. The smallest absolute Gasteiger partial charge is 0.307 e. The van der Waals surface area contributed by atoms with Crippen molar-refractivity contribution in [3.63, 3.8) is 0 Å². The van der Waals surface area contributed by atoms with E-state index < -0.39 is 0 Å². The number of Topliss-reactive ketones (excluding diaryl/α,β-unsaturated/α-hetero) is 1. The normalized spacial score (nSPS) is 13.5. The van der Waals surface area contributed by atoms with E-state index in [4.69, 9.17) is 0 Å². The quantitative estimate of drug-likeness (QED) is 0.545. The van der Waals surface area contributed by atoms with Crippen LogP contribution in [0, 0.1) is 0 Å². The molecule has 0 heterocycles. The van der Waals surface area contributed by atoms with E-state index in [1.54, 1.807) is 17.0 Å². The molecule has 1 fully saturated rings. The van der Waals surface area contributed by atoms with Gasteiger partial charge in [0, 0.05) is 31.0 Å². The van der Waals surface area contributed by atoms with Crippen LogP contribution in [-0.4, -0.2) is 42.3 Å². The van der Waals surface area contributed by atoms with Crippen molar-refractivity contribution in [2.45, 2.75) is 38.1 Å². The zero-order valence-electron chi connectivity index (χ0n) is 12.8. The predicted octanol–water partition coefficient (Wildman–Crippen LogP) is 2.20. The van der Waals surface area contributed by atoms with Gasteiger partial charge in [0.25, 0.3) is 0 Å². The molecule has 2 rings (SSSR count). The lowest BCUT2D eigenvalue weighted by Crippen LogP contribution is -2.35. The third kappa shape index (κ3) is 4.69. The number of hydrogen-bond acceptors (Lipinski definition) is 4. The van der Waals surface area contributed by atoms with E-state index >= 15 is 0 Å². The van der Waals surface area contributed by atoms with Gasteiger partial charge < -0.3 is 9.64 Å². The number of esters is 1. The molecule has 1 aliphatic rings. The minimum atomic E-state index is -0.321. The Kier molecular flexibility index (Phi) is 5.69. The molecular formula is C17H21NO4. The lowest BCUT2D eigenvalue weighted by molar-refractivity contribution is -0.141. The van der Waals surface area contributed by atoms with E-state index in [0.717, 1.165) is 12.8 Å². The van der Waals surface area contributed by atoms with Crippen LogP contribution < -0.4 is 0 Å². The molecule has 1 saturated carbocycles. The SMILES string of the molecule is COC(=O)CCN(C(=O)CCC(=O)c1ccccc1)C1CC1. The molecule has 22 heavy (non-hydrogen) atoms. The molecule has 1 aromatic carbocycles. The lowest BCUT2D eigenvalue weighted by Gasteiger charge is -2.21. The molecule has 1 amide bonds. The number of methoxy groups -OCH3 is 1. The maximum Gasteiger partial charge on any atom is 0.307 e. The van der Waals surface area contributed by atoms with Crippen LogP contribution in [-0.2, 0) is 14.3 Å². The summed E-state index contributed by atoms with van der Waals surface area (Å²) in [6, 6.07) is 9.20. The van der Waals surface area contributed by atoms with E-state index in [-0.39, 0.29) is 43.0 Å². The Hall–Kier alpha value is -2.17. The monoisotopic (exact) mass is 303 g/mol. The Labute approximate surface area is 130 Å². The van der Waals surface area contributed by atoms with Crippen molar-refractivity contribution in [3.05, 3.63) is 35.9 Å². The molecule has 0 unspecified atom stereocenters. The molecule has 0 aliphatic heterocycles. The van der Waals surface area contributed by atoms with Gasteiger partial charge in [-0.2, -0.15) is 0 Å². The first-order valence-electron chi connectivity index (χ1n) is 7.56. The lowest BCUT2D eigenvalue weighted by atomic mass is 10.1. The van der Waals surface area contributed by atoms with Gasteiger partial charge in [-0.05, 0) is 12.8 Å². The van der Waals surface area contributed by atoms with Crippen molar-refractivity contribution in [2.75, 3.05) is 13.7 Å². The van der Waals surface area contributed by atoms with Gasteiger partial charge in [0.05, 0.1) is 13.5 Å². The molecule has 5 heteroatoms. The minimum Gasteiger partial charge on any atom is -0.469 e. The number of carbonyl (C=O) groups is 3. The van der Waals surface area contributed by atoms with E-state index in [1.165, 1.54) is 7.11 Å². The molecule has 0 saturated heterocycles. The summed E-state index contributed by atoms with van der Waals surface area (Å²) in [6.07, 6.45) is 2.53. The summed E-state index contributed by atoms with van der Waals surface area (Å²) in [4.78, 5) is 37.2. The maximum atomic E-state index is 12.3. The molecule has 118 valence electrons. The second kappa shape index (κ2) is 7.73. The molecule has 0 N–H and O–H groups in total. The van der Waals surface area contributed by atoms with Crippen LogP contribution in [0.4, 0.5) is 0 Å². The molecular weight excluding hydrogens is 282 g/mol. The summed E-state index contributed by atoms with van der Waals surface area (Å²) < 4.78 is 4.61. The van der Waals surface area contributed by atoms with Crippen LogP contribution in [0.3, 0.4) is 0 Å². The molecule has 5 nitrogen and oxygen atoms in total. The van der Waals surface area contributed by atoms with E-state index in [2.05, 4.69) is 4.74 Å². The van der Waals surface area contributed by atoms with Gasteiger partial charge in [-0.15, -0.1) is 0 Å². The number of carbonyl (C=O) groups excluding carboxylic acids is 3. The third-order valence-electron chi connectivity index (χ3n) is 3.75. The largest absolute Gasteiger partial charge is 0.469 e. The molecule has 1 aliphatic carbocycles. The van der Waals surface area contributed by atoms with Crippen LogP contribution >= 0.6 is 0 Å². The van der Waals surface area contributed by atoms with Crippen molar-refractivity contribution in [2.24, 2.45) is 0 Å². The molecule has 0 atom stereocenters. The van der Waals surface area contributed by atoms with Gasteiger partial charge in [-0.25, -0.2) is 0 Å². The second-order valence-electron chi connectivity index (χ2n) is 5.43. The highest BCUT2D eigenvalue weighted by Gasteiger charge is 2.32. The highest BCUT2D eigenvalue weighted by Crippen LogP contribution is 2.28. The van der Waals surface area contributed by atoms with E-state index in [0.29, 0.717) is 12.1 Å². The Morgan fingerprint density at radius 3 is 2.36 bits per heavy atom. The number of amides is 1. The van der Waals surface area contributed by atoms with Gasteiger partial charge in [-0.3, -0.25) is 14.4 Å². The van der Waals surface area contributed by atoms with Crippen LogP contribution in [0.2, 0.25) is 0 Å². The van der Waals surface area contributed by atoms with Gasteiger partial charge in [-0.1, -0.05) is 30.3 Å². The first kappa shape index (κ1) is 16.2. The number of ketones is 1. The first-order valence-corrected chi connectivity index (χ1v) is 7.56. The van der Waals surface area contributed by atoms with Crippen molar-refractivity contribution < 1.29 is 19.1 Å². The number of nitrogens with zero attached hydrogens (tertiary/aromatic N) is 1. The van der Waals surface area contributed by atoms with Crippen LogP contribution in [0.5, 0.6) is 0 Å². The molecule has 0 aromatic heterocycles. The minimum absolute atomic E-state index is 0.0299. The standard InChI is InChI=1S/C17H21NO4/c1-22-17(21)11-12-18(14-7-8-14)16(20)10-9-15(19)13-5-3-2-4-6-13/h2-6,14H,7-12H2,1H3. The molecule has 0 bridgehead atoms. The van der Waals surface area contributed by atoms with Gasteiger partial charge in [0.2, 0.25) is 5.91 Å². The summed E-state index contributed by atoms with van der Waals surface area (Å²) in [5.74, 6) is -0.410. The third-order valence-corrected chi connectivity index (χ3v) is 3.75. The Balaban J connectivity index is 1.83. The van der Waals surface area contributed by atoms with Crippen molar-refractivity contribution >= 4 is 17.7 Å². The number of rotatable bonds is 8.